The lowest BCUT2D eigenvalue weighted by Crippen LogP contribution is -2.40. The lowest BCUT2D eigenvalue weighted by atomic mass is 9.93. The number of hydrogen-bond acceptors (Lipinski definition) is 14. The number of pyridine rings is 1. The third-order valence-corrected chi connectivity index (χ3v) is 12.6. The lowest BCUT2D eigenvalue weighted by Gasteiger charge is -2.36. The number of anilines is 3. The number of aromatic nitrogens is 6. The lowest BCUT2D eigenvalue weighted by molar-refractivity contribution is 0.0195. The fourth-order valence-electron chi connectivity index (χ4n) is 8.73. The second-order valence-corrected chi connectivity index (χ2v) is 16.9. The highest BCUT2D eigenvalue weighted by Crippen LogP contribution is 2.30. The highest BCUT2D eigenvalue weighted by molar-refractivity contribution is 6.31. The first-order valence-corrected chi connectivity index (χ1v) is 22.7. The van der Waals surface area contributed by atoms with Crippen LogP contribution in [0.15, 0.2) is 60.9 Å². The summed E-state index contributed by atoms with van der Waals surface area (Å²) in [5, 5.41) is 39.1. The molecule has 63 heavy (non-hydrogen) atoms. The van der Waals surface area contributed by atoms with E-state index in [-0.39, 0.29) is 36.8 Å². The van der Waals surface area contributed by atoms with E-state index in [0.29, 0.717) is 47.7 Å². The Morgan fingerprint density at radius 3 is 2.52 bits per heavy atom. The van der Waals surface area contributed by atoms with Crippen LogP contribution in [0.1, 0.15) is 98.3 Å². The third kappa shape index (κ3) is 11.1. The fraction of sp³-hybridized carbons (Fsp3) is 0.500. The second kappa shape index (κ2) is 21.1. The predicted octanol–water partition coefficient (Wildman–Crippen LogP) is 6.54. The number of ether oxygens (including phenoxy) is 3. The van der Waals surface area contributed by atoms with Crippen molar-refractivity contribution >= 4 is 40.6 Å². The Morgan fingerprint density at radius 2 is 1.79 bits per heavy atom. The number of rotatable bonds is 17. The number of aliphatic hydroxyl groups excluding tert-OH is 1. The standard InChI is InChI=1S/C46H56ClN11O5/c1-2-32-30-51-58-42(26-43(53-45(32)58)57-19-4-3-5-35(57)18-22-59)49-28-31-6-15-44(50-29-31)62-24-23-61-36-16-20-56(21-17-36)41-14-13-40(54-55-41)46(60)52-34-8-11-37(12-9-34)63-38-10-7-33(27-48)39(47)25-38/h6-7,10,13-15,25-26,29-30,34-37,49,59H,2-5,8-9,11-12,16-24,28H2,1H3,(H,52,60)/t34-,35?,37-. The first-order valence-electron chi connectivity index (χ1n) is 22.3. The van der Waals surface area contributed by atoms with Gasteiger partial charge in [-0.15, -0.1) is 10.2 Å². The molecule has 1 amide bonds. The molecule has 17 heteroatoms. The summed E-state index contributed by atoms with van der Waals surface area (Å²) in [5.74, 6) is 3.49. The zero-order chi connectivity index (χ0) is 43.5. The quantitative estimate of drug-likeness (QED) is 0.0855. The highest BCUT2D eigenvalue weighted by atomic mass is 35.5. The Morgan fingerprint density at radius 1 is 0.937 bits per heavy atom. The molecule has 1 atom stereocenters. The van der Waals surface area contributed by atoms with Crippen molar-refractivity contribution in [1.29, 1.82) is 5.26 Å². The first kappa shape index (κ1) is 43.9. The number of fused-ring (bicyclic) bond motifs is 1. The van der Waals surface area contributed by atoms with Crippen LogP contribution in [0.3, 0.4) is 0 Å². The minimum atomic E-state index is -0.228. The molecule has 8 rings (SSSR count). The van der Waals surface area contributed by atoms with E-state index in [4.69, 9.17) is 36.1 Å². The SMILES string of the molecule is CCc1cnn2c(NCc3ccc(OCCOC4CCN(c5ccc(C(=O)N[C@H]6CC[C@H](Oc7ccc(C#N)c(Cl)c7)CC6)nn5)CC4)nc3)cc(N3CCCCC3CCO)nc12. The van der Waals surface area contributed by atoms with Crippen LogP contribution in [-0.2, 0) is 17.7 Å². The predicted molar refractivity (Wildman–Crippen MR) is 240 cm³/mol. The Bertz CT molecular complexity index is 2320. The minimum Gasteiger partial charge on any atom is -0.490 e. The van der Waals surface area contributed by atoms with E-state index in [2.05, 4.69) is 59.8 Å². The molecular formula is C46H56ClN11O5. The Hall–Kier alpha value is -5.76. The number of aliphatic hydroxyl groups is 1. The molecule has 4 aromatic heterocycles. The number of amides is 1. The van der Waals surface area contributed by atoms with Gasteiger partial charge >= 0.3 is 0 Å². The van der Waals surface area contributed by atoms with Crippen molar-refractivity contribution in [3.63, 3.8) is 0 Å². The zero-order valence-corrected chi connectivity index (χ0v) is 36.5. The van der Waals surface area contributed by atoms with Gasteiger partial charge in [0.1, 0.15) is 30.1 Å². The molecule has 3 N–H and O–H groups in total. The summed E-state index contributed by atoms with van der Waals surface area (Å²) in [5.41, 5.74) is 3.68. The molecule has 1 unspecified atom stereocenters. The van der Waals surface area contributed by atoms with Gasteiger partial charge in [-0.3, -0.25) is 4.79 Å². The zero-order valence-electron chi connectivity index (χ0n) is 35.8. The summed E-state index contributed by atoms with van der Waals surface area (Å²) in [6.45, 7) is 6.17. The van der Waals surface area contributed by atoms with Crippen molar-refractivity contribution < 1.29 is 24.1 Å². The monoisotopic (exact) mass is 877 g/mol. The maximum atomic E-state index is 13.0. The van der Waals surface area contributed by atoms with Crippen LogP contribution >= 0.6 is 11.6 Å². The molecule has 3 fully saturated rings. The van der Waals surface area contributed by atoms with Gasteiger partial charge in [-0.25, -0.2) is 9.97 Å². The summed E-state index contributed by atoms with van der Waals surface area (Å²) < 4.78 is 20.0. The van der Waals surface area contributed by atoms with Gasteiger partial charge in [-0.2, -0.15) is 14.9 Å². The maximum absolute atomic E-state index is 13.0. The number of halogens is 1. The maximum Gasteiger partial charge on any atom is 0.272 e. The molecular weight excluding hydrogens is 822 g/mol. The molecule has 2 aliphatic heterocycles. The molecule has 0 bridgehead atoms. The van der Waals surface area contributed by atoms with Gasteiger partial charge in [0.15, 0.2) is 17.2 Å². The van der Waals surface area contributed by atoms with Crippen molar-refractivity contribution in [2.75, 3.05) is 54.6 Å². The average molecular weight is 878 g/mol. The van der Waals surface area contributed by atoms with Gasteiger partial charge in [-0.1, -0.05) is 24.6 Å². The van der Waals surface area contributed by atoms with Crippen molar-refractivity contribution in [1.82, 2.24) is 35.1 Å². The van der Waals surface area contributed by atoms with Crippen molar-refractivity contribution in [3.8, 4) is 17.7 Å². The topological polar surface area (TPSA) is 188 Å². The van der Waals surface area contributed by atoms with Gasteiger partial charge in [0.05, 0.1) is 35.6 Å². The molecule has 5 aromatic rings. The number of hydrogen-bond donors (Lipinski definition) is 3. The number of carbonyl (C=O) groups is 1. The van der Waals surface area contributed by atoms with Crippen LogP contribution in [-0.4, -0.2) is 105 Å². The van der Waals surface area contributed by atoms with Crippen molar-refractivity contribution in [3.05, 3.63) is 88.3 Å². The highest BCUT2D eigenvalue weighted by Gasteiger charge is 2.27. The number of benzene rings is 1. The van der Waals surface area contributed by atoms with Crippen LogP contribution < -0.4 is 29.9 Å². The van der Waals surface area contributed by atoms with Gasteiger partial charge in [0.2, 0.25) is 5.88 Å². The molecule has 1 saturated carbocycles. The molecule has 16 nitrogen and oxygen atoms in total. The molecule has 0 spiro atoms. The number of aryl methyl sites for hydroxylation is 1. The Kier molecular flexibility index (Phi) is 14.7. The van der Waals surface area contributed by atoms with Gasteiger partial charge in [0.25, 0.3) is 5.91 Å². The molecule has 0 radical (unpaired) electrons. The number of piperidine rings is 2. The normalized spacial score (nSPS) is 19.4. The second-order valence-electron chi connectivity index (χ2n) is 16.5. The van der Waals surface area contributed by atoms with Gasteiger partial charge in [0, 0.05) is 74.8 Å². The first-order chi connectivity index (χ1) is 30.9. The van der Waals surface area contributed by atoms with Crippen LogP contribution in [0.5, 0.6) is 11.6 Å². The summed E-state index contributed by atoms with van der Waals surface area (Å²) in [4.78, 5) is 27.1. The van der Waals surface area contributed by atoms with E-state index < -0.39 is 0 Å². The summed E-state index contributed by atoms with van der Waals surface area (Å²) in [6.07, 6.45) is 13.6. The number of nitrogens with one attached hydrogen (secondary N) is 2. The van der Waals surface area contributed by atoms with E-state index in [1.807, 2.05) is 35.1 Å². The van der Waals surface area contributed by atoms with E-state index in [9.17, 15) is 9.90 Å². The van der Waals surface area contributed by atoms with Crippen molar-refractivity contribution in [2.24, 2.45) is 0 Å². The molecule has 1 aromatic carbocycles. The minimum absolute atomic E-state index is 0.0241. The molecule has 1 aliphatic carbocycles. The smallest absolute Gasteiger partial charge is 0.272 e. The summed E-state index contributed by atoms with van der Waals surface area (Å²) in [6, 6.07) is 17.0. The van der Waals surface area contributed by atoms with Crippen LogP contribution in [0, 0.1) is 11.3 Å². The molecule has 6 heterocycles. The third-order valence-electron chi connectivity index (χ3n) is 12.3. The van der Waals surface area contributed by atoms with Crippen LogP contribution in [0.25, 0.3) is 5.65 Å². The van der Waals surface area contributed by atoms with Crippen LogP contribution in [0.4, 0.5) is 17.5 Å². The van der Waals surface area contributed by atoms with Crippen molar-refractivity contribution in [2.45, 2.75) is 108 Å². The number of nitrogens with zero attached hydrogens (tertiary/aromatic N) is 9. The van der Waals surface area contributed by atoms with Gasteiger partial charge < -0.3 is 39.8 Å². The van der Waals surface area contributed by atoms with E-state index in [1.54, 1.807) is 24.3 Å². The molecule has 332 valence electrons. The van der Waals surface area contributed by atoms with Crippen LogP contribution in [0.2, 0.25) is 5.02 Å². The van der Waals surface area contributed by atoms with Gasteiger partial charge in [-0.05, 0) is 100 Å². The fourth-order valence-corrected chi connectivity index (χ4v) is 8.94. The largest absolute Gasteiger partial charge is 0.490 e. The summed E-state index contributed by atoms with van der Waals surface area (Å²) >= 11 is 6.15. The number of carbonyl (C=O) groups excluding carboxylic acids is 1. The summed E-state index contributed by atoms with van der Waals surface area (Å²) in [7, 11) is 0. The molecule has 2 saturated heterocycles. The Labute approximate surface area is 372 Å². The average Bonchev–Trinajstić information content (AvgIpc) is 3.75. The van der Waals surface area contributed by atoms with E-state index in [0.717, 1.165) is 118 Å². The number of nitriles is 1. The van der Waals surface area contributed by atoms with E-state index >= 15 is 0 Å². The Balaban J connectivity index is 0.731. The molecule has 3 aliphatic rings. The van der Waals surface area contributed by atoms with E-state index in [1.165, 1.54) is 6.42 Å².